The summed E-state index contributed by atoms with van der Waals surface area (Å²) in [5.74, 6) is 0.150. The van der Waals surface area contributed by atoms with Crippen molar-refractivity contribution in [1.82, 2.24) is 4.57 Å². The number of nitrogens with zero attached hydrogens (tertiary/aromatic N) is 2. The SMILES string of the molecule is COCCn1c(=NC(=O)c2ccc(NS(=O)(=O)c3ccc(OC)cc3)cc2)sc2cc(C)ccc21. The van der Waals surface area contributed by atoms with E-state index < -0.39 is 15.9 Å². The van der Waals surface area contributed by atoms with Crippen molar-refractivity contribution >= 4 is 43.2 Å². The molecule has 0 fully saturated rings. The van der Waals surface area contributed by atoms with E-state index in [4.69, 9.17) is 9.47 Å². The Kier molecular flexibility index (Phi) is 7.34. The van der Waals surface area contributed by atoms with Crippen LogP contribution in [0, 0.1) is 6.92 Å². The summed E-state index contributed by atoms with van der Waals surface area (Å²) in [7, 11) is -0.638. The molecule has 0 bridgehead atoms. The molecule has 0 atom stereocenters. The normalized spacial score (nSPS) is 12.1. The number of sulfonamides is 1. The van der Waals surface area contributed by atoms with Gasteiger partial charge in [0.1, 0.15) is 5.75 Å². The fourth-order valence-electron chi connectivity index (χ4n) is 3.47. The molecular formula is C25H25N3O5S2. The van der Waals surface area contributed by atoms with Gasteiger partial charge in [0.2, 0.25) is 0 Å². The van der Waals surface area contributed by atoms with Gasteiger partial charge in [-0.25, -0.2) is 8.42 Å². The first-order valence-electron chi connectivity index (χ1n) is 10.8. The number of hydrogen-bond donors (Lipinski definition) is 1. The van der Waals surface area contributed by atoms with E-state index in [-0.39, 0.29) is 4.90 Å². The molecule has 0 saturated carbocycles. The summed E-state index contributed by atoms with van der Waals surface area (Å²) in [5, 5.41) is 0. The third-order valence-electron chi connectivity index (χ3n) is 5.31. The molecule has 0 aliphatic rings. The molecule has 182 valence electrons. The monoisotopic (exact) mass is 511 g/mol. The van der Waals surface area contributed by atoms with Gasteiger partial charge in [-0.15, -0.1) is 0 Å². The Morgan fingerprint density at radius 2 is 1.74 bits per heavy atom. The minimum absolute atomic E-state index is 0.106. The Morgan fingerprint density at radius 3 is 2.40 bits per heavy atom. The summed E-state index contributed by atoms with van der Waals surface area (Å²) in [5.41, 5.74) is 2.81. The van der Waals surface area contributed by atoms with Gasteiger partial charge in [-0.05, 0) is 73.2 Å². The first kappa shape index (κ1) is 24.6. The number of nitrogens with one attached hydrogen (secondary N) is 1. The second-order valence-corrected chi connectivity index (χ2v) is 10.5. The predicted octanol–water partition coefficient (Wildman–Crippen LogP) is 4.21. The number of hydrogen-bond acceptors (Lipinski definition) is 6. The number of benzene rings is 3. The van der Waals surface area contributed by atoms with E-state index in [2.05, 4.69) is 15.8 Å². The third kappa shape index (κ3) is 5.61. The zero-order chi connectivity index (χ0) is 25.0. The van der Waals surface area contributed by atoms with Crippen LogP contribution in [0.15, 0.2) is 76.6 Å². The van der Waals surface area contributed by atoms with E-state index in [0.717, 1.165) is 15.8 Å². The molecule has 0 unspecified atom stereocenters. The average molecular weight is 512 g/mol. The molecule has 4 aromatic rings. The van der Waals surface area contributed by atoms with E-state index in [1.54, 1.807) is 31.4 Å². The van der Waals surface area contributed by atoms with Crippen LogP contribution in [0.4, 0.5) is 5.69 Å². The summed E-state index contributed by atoms with van der Waals surface area (Å²) in [4.78, 5) is 17.9. The fourth-order valence-corrected chi connectivity index (χ4v) is 5.68. The van der Waals surface area contributed by atoms with Crippen LogP contribution in [0.5, 0.6) is 5.75 Å². The van der Waals surface area contributed by atoms with Gasteiger partial charge in [-0.2, -0.15) is 4.99 Å². The van der Waals surface area contributed by atoms with Crippen LogP contribution >= 0.6 is 11.3 Å². The summed E-state index contributed by atoms with van der Waals surface area (Å²) in [6.45, 7) is 3.08. The first-order chi connectivity index (χ1) is 16.8. The Labute approximate surface area is 207 Å². The van der Waals surface area contributed by atoms with Gasteiger partial charge in [0.15, 0.2) is 4.80 Å². The molecule has 0 spiro atoms. The minimum atomic E-state index is -3.78. The molecule has 0 radical (unpaired) electrons. The van der Waals surface area contributed by atoms with Crippen molar-refractivity contribution in [2.75, 3.05) is 25.5 Å². The topological polar surface area (TPSA) is 99.0 Å². The van der Waals surface area contributed by atoms with Crippen molar-refractivity contribution in [3.8, 4) is 5.75 Å². The van der Waals surface area contributed by atoms with Crippen LogP contribution in [-0.4, -0.2) is 39.7 Å². The Morgan fingerprint density at radius 1 is 1.03 bits per heavy atom. The quantitative estimate of drug-likeness (QED) is 0.382. The second-order valence-electron chi connectivity index (χ2n) is 7.78. The minimum Gasteiger partial charge on any atom is -0.497 e. The number of ether oxygens (including phenoxy) is 2. The number of methoxy groups -OCH3 is 2. The highest BCUT2D eigenvalue weighted by Crippen LogP contribution is 2.21. The summed E-state index contributed by atoms with van der Waals surface area (Å²) in [6, 6.07) is 18.4. The Hall–Kier alpha value is -3.47. The highest BCUT2D eigenvalue weighted by Gasteiger charge is 2.15. The first-order valence-corrected chi connectivity index (χ1v) is 13.1. The summed E-state index contributed by atoms with van der Waals surface area (Å²) in [6.07, 6.45) is 0. The number of anilines is 1. The van der Waals surface area contributed by atoms with Crippen LogP contribution in [0.1, 0.15) is 15.9 Å². The highest BCUT2D eigenvalue weighted by molar-refractivity contribution is 7.92. The third-order valence-corrected chi connectivity index (χ3v) is 7.75. The fraction of sp³-hybridized carbons (Fsp3) is 0.200. The van der Waals surface area contributed by atoms with Crippen molar-refractivity contribution in [1.29, 1.82) is 0 Å². The zero-order valence-corrected chi connectivity index (χ0v) is 21.2. The number of carbonyl (C=O) groups is 1. The molecule has 8 nitrogen and oxygen atoms in total. The molecule has 4 rings (SSSR count). The Bertz CT molecular complexity index is 1520. The van der Waals surface area contributed by atoms with Crippen molar-refractivity contribution < 1.29 is 22.7 Å². The highest BCUT2D eigenvalue weighted by atomic mass is 32.2. The number of amides is 1. The van der Waals surface area contributed by atoms with Gasteiger partial charge in [0.25, 0.3) is 15.9 Å². The molecule has 1 heterocycles. The maximum absolute atomic E-state index is 12.9. The number of aromatic nitrogens is 1. The van der Waals surface area contributed by atoms with E-state index >= 15 is 0 Å². The zero-order valence-electron chi connectivity index (χ0n) is 19.5. The van der Waals surface area contributed by atoms with Gasteiger partial charge in [0, 0.05) is 24.9 Å². The lowest BCUT2D eigenvalue weighted by atomic mass is 10.2. The van der Waals surface area contributed by atoms with E-state index in [1.807, 2.05) is 23.6 Å². The van der Waals surface area contributed by atoms with Crippen LogP contribution < -0.4 is 14.3 Å². The number of fused-ring (bicyclic) bond motifs is 1. The van der Waals surface area contributed by atoms with Crippen molar-refractivity contribution in [3.63, 3.8) is 0 Å². The maximum Gasteiger partial charge on any atom is 0.279 e. The van der Waals surface area contributed by atoms with Crippen molar-refractivity contribution in [2.45, 2.75) is 18.4 Å². The lowest BCUT2D eigenvalue weighted by molar-refractivity contribution is 0.0997. The van der Waals surface area contributed by atoms with E-state index in [1.165, 1.54) is 42.7 Å². The van der Waals surface area contributed by atoms with Gasteiger partial charge in [0.05, 0.1) is 28.8 Å². The molecular weight excluding hydrogens is 486 g/mol. The number of carbonyl (C=O) groups excluding carboxylic acids is 1. The van der Waals surface area contributed by atoms with Crippen molar-refractivity contribution in [2.24, 2.45) is 4.99 Å². The van der Waals surface area contributed by atoms with Crippen LogP contribution in [0.3, 0.4) is 0 Å². The second kappa shape index (κ2) is 10.4. The maximum atomic E-state index is 12.9. The predicted molar refractivity (Wildman–Crippen MR) is 137 cm³/mol. The van der Waals surface area contributed by atoms with E-state index in [0.29, 0.717) is 35.0 Å². The van der Waals surface area contributed by atoms with Crippen molar-refractivity contribution in [3.05, 3.63) is 82.7 Å². The average Bonchev–Trinajstić information content (AvgIpc) is 3.18. The molecule has 3 aromatic carbocycles. The number of rotatable bonds is 8. The lowest BCUT2D eigenvalue weighted by Crippen LogP contribution is -2.19. The Balaban J connectivity index is 1.58. The molecule has 0 aliphatic heterocycles. The summed E-state index contributed by atoms with van der Waals surface area (Å²) >= 11 is 1.44. The van der Waals surface area contributed by atoms with Gasteiger partial charge in [-0.1, -0.05) is 17.4 Å². The molecule has 10 heteroatoms. The lowest BCUT2D eigenvalue weighted by Gasteiger charge is -2.09. The van der Waals surface area contributed by atoms with Crippen LogP contribution in [-0.2, 0) is 21.3 Å². The molecule has 35 heavy (non-hydrogen) atoms. The van der Waals surface area contributed by atoms with Crippen LogP contribution in [0.25, 0.3) is 10.2 Å². The van der Waals surface area contributed by atoms with Gasteiger partial charge in [-0.3, -0.25) is 9.52 Å². The number of aryl methyl sites for hydroxylation is 1. The van der Waals surface area contributed by atoms with Crippen LogP contribution in [0.2, 0.25) is 0 Å². The van der Waals surface area contributed by atoms with Gasteiger partial charge < -0.3 is 14.0 Å². The van der Waals surface area contributed by atoms with E-state index in [9.17, 15) is 13.2 Å². The molecule has 1 amide bonds. The standard InChI is InChI=1S/C25H25N3O5S2/c1-17-4-13-22-23(16-17)34-25(28(22)14-15-32-2)26-24(29)18-5-7-19(8-6-18)27-35(30,31)21-11-9-20(33-3)10-12-21/h4-13,16,27H,14-15H2,1-3H3. The summed E-state index contributed by atoms with van der Waals surface area (Å²) < 4.78 is 41.1. The smallest absolute Gasteiger partial charge is 0.279 e. The van der Waals surface area contributed by atoms with Gasteiger partial charge >= 0.3 is 0 Å². The molecule has 0 saturated heterocycles. The molecule has 1 aromatic heterocycles. The molecule has 1 N–H and O–H groups in total. The molecule has 0 aliphatic carbocycles. The largest absolute Gasteiger partial charge is 0.497 e. The number of thiazole rings is 1.